The van der Waals surface area contributed by atoms with Crippen LogP contribution in [0.5, 0.6) is 0 Å². The second-order valence-electron chi connectivity index (χ2n) is 5.30. The quantitative estimate of drug-likeness (QED) is 0.240. The summed E-state index contributed by atoms with van der Waals surface area (Å²) in [7, 11) is -0.446. The van der Waals surface area contributed by atoms with Crippen LogP contribution in [0.1, 0.15) is 0 Å². The van der Waals surface area contributed by atoms with Crippen molar-refractivity contribution in [1.29, 1.82) is 0 Å². The Balaban J connectivity index is 0.000000390. The van der Waals surface area contributed by atoms with E-state index >= 15 is 0 Å². The molecule has 0 fully saturated rings. The summed E-state index contributed by atoms with van der Waals surface area (Å²) in [5.41, 5.74) is 0. The molecule has 1 aliphatic rings. The summed E-state index contributed by atoms with van der Waals surface area (Å²) in [6, 6.07) is 32.3. The predicted molar refractivity (Wildman–Crippen MR) is 113 cm³/mol. The molecule has 0 amide bonds. The molecule has 0 unspecified atom stereocenters. The minimum absolute atomic E-state index is 0. The van der Waals surface area contributed by atoms with Gasteiger partial charge in [0, 0.05) is 6.42 Å². The van der Waals surface area contributed by atoms with Gasteiger partial charge in [-0.05, 0) is 23.8 Å². The number of benzene rings is 3. The van der Waals surface area contributed by atoms with Crippen LogP contribution in [0.15, 0.2) is 115 Å². The Kier molecular flexibility index (Phi) is 12.0. The maximum Gasteiger partial charge on any atom is -0.0134 e. The fourth-order valence-electron chi connectivity index (χ4n) is 2.50. The Morgan fingerprint density at radius 3 is 1.00 bits per heavy atom. The second kappa shape index (κ2) is 14.0. The zero-order chi connectivity index (χ0) is 18.5. The van der Waals surface area contributed by atoms with Crippen molar-refractivity contribution in [2.75, 3.05) is 0 Å². The number of hydrogen-bond acceptors (Lipinski definition) is 0. The summed E-state index contributed by atoms with van der Waals surface area (Å²) in [5.74, 6) is 0. The molecule has 0 heterocycles. The predicted octanol–water partition coefficient (Wildman–Crippen LogP) is 4.45. The van der Waals surface area contributed by atoms with Crippen LogP contribution in [0.4, 0.5) is 0 Å². The molecular weight excluding hydrogens is 436 g/mol. The van der Waals surface area contributed by atoms with Gasteiger partial charge in [0.25, 0.3) is 0 Å². The standard InChI is InChI=1S/C18H15P.C5H5.CO.Ru.H/c1-4-10-16(11-5-1)19(17-12-6-2-7-13-17)18-14-8-3-9-15-18;1-2-4-5-3-1;1-2;;/h1-15H;1-5H;;;. The minimum Gasteiger partial charge on any atom is -0.0622 e. The molecule has 0 aliphatic heterocycles. The van der Waals surface area contributed by atoms with E-state index in [0.29, 0.717) is 0 Å². The molecule has 1 nitrogen and oxygen atoms in total. The summed E-state index contributed by atoms with van der Waals surface area (Å²) in [6.07, 6.45) is 10.0. The third-order valence-electron chi connectivity index (χ3n) is 3.60. The molecule has 27 heavy (non-hydrogen) atoms. The first-order chi connectivity index (χ1) is 12.9. The van der Waals surface area contributed by atoms with Crippen molar-refractivity contribution >= 4 is 23.8 Å². The molecule has 3 aromatic carbocycles. The molecule has 0 spiro atoms. The van der Waals surface area contributed by atoms with Gasteiger partial charge in [0.2, 0.25) is 0 Å². The van der Waals surface area contributed by atoms with Crippen LogP contribution in [-0.2, 0) is 24.1 Å². The first-order valence-electron chi connectivity index (χ1n) is 8.27. The topological polar surface area (TPSA) is 19.9 Å². The van der Waals surface area contributed by atoms with Gasteiger partial charge in [0.05, 0.1) is 0 Å². The molecule has 0 N–H and O–H groups in total. The molecule has 4 rings (SSSR count). The van der Waals surface area contributed by atoms with Gasteiger partial charge in [-0.2, -0.15) is 0 Å². The first-order valence-corrected chi connectivity index (χ1v) is 9.62. The normalized spacial score (nSPS) is 10.8. The third-order valence-corrected chi connectivity index (χ3v) is 6.04. The van der Waals surface area contributed by atoms with Crippen LogP contribution in [0, 0.1) is 13.1 Å². The molecule has 0 saturated carbocycles. The van der Waals surface area contributed by atoms with E-state index in [1.54, 1.807) is 0 Å². The maximum atomic E-state index is 7.50. The van der Waals surface area contributed by atoms with Crippen molar-refractivity contribution in [2.45, 2.75) is 0 Å². The molecule has 0 saturated heterocycles. The van der Waals surface area contributed by atoms with E-state index in [1.165, 1.54) is 15.9 Å². The molecular formula is C24H21OPRu. The largest absolute Gasteiger partial charge is 0.0622 e. The van der Waals surface area contributed by atoms with Crippen LogP contribution >= 0.6 is 7.92 Å². The van der Waals surface area contributed by atoms with Crippen molar-refractivity contribution in [3.05, 3.63) is 128 Å². The van der Waals surface area contributed by atoms with Crippen molar-refractivity contribution < 1.29 is 24.1 Å². The van der Waals surface area contributed by atoms with Gasteiger partial charge in [0.15, 0.2) is 0 Å². The van der Waals surface area contributed by atoms with Gasteiger partial charge in [-0.25, -0.2) is 0 Å². The van der Waals surface area contributed by atoms with Gasteiger partial charge >= 0.3 is 30.8 Å². The monoisotopic (exact) mass is 458 g/mol. The summed E-state index contributed by atoms with van der Waals surface area (Å²) < 4.78 is 7.50. The fourth-order valence-corrected chi connectivity index (χ4v) is 4.80. The zero-order valence-electron chi connectivity index (χ0n) is 14.8. The van der Waals surface area contributed by atoms with Crippen LogP contribution < -0.4 is 15.9 Å². The number of rotatable bonds is 3. The third kappa shape index (κ3) is 7.60. The SMILES string of the molecule is [C-]#[O+].[CH]1C=CC=C1.[RuH].c1ccc(P(c2ccccc2)c2ccccc2)cc1. The molecule has 1 radical (unpaired) electrons. The number of hydrogen-bond donors (Lipinski definition) is 0. The fraction of sp³-hybridized carbons (Fsp3) is 0. The van der Waals surface area contributed by atoms with E-state index in [9.17, 15) is 0 Å². The molecule has 0 bridgehead atoms. The summed E-state index contributed by atoms with van der Waals surface area (Å²) in [5, 5.41) is 4.19. The van der Waals surface area contributed by atoms with Crippen LogP contribution in [0.25, 0.3) is 0 Å². The van der Waals surface area contributed by atoms with E-state index in [2.05, 4.69) is 97.6 Å². The van der Waals surface area contributed by atoms with E-state index in [1.807, 2.05) is 30.7 Å². The minimum atomic E-state index is -0.446. The van der Waals surface area contributed by atoms with Gasteiger partial charge < -0.3 is 0 Å². The zero-order valence-corrected chi connectivity index (χ0v) is 17.5. The van der Waals surface area contributed by atoms with Crippen molar-refractivity contribution in [2.24, 2.45) is 0 Å². The van der Waals surface area contributed by atoms with Gasteiger partial charge in [-0.1, -0.05) is 115 Å². The molecule has 3 heteroatoms. The van der Waals surface area contributed by atoms with Crippen LogP contribution in [0.2, 0.25) is 0 Å². The maximum absolute atomic E-state index is 7.50. The van der Waals surface area contributed by atoms with Gasteiger partial charge in [-0.3, -0.25) is 0 Å². The smallest absolute Gasteiger partial charge is 0.0134 e. The van der Waals surface area contributed by atoms with Crippen molar-refractivity contribution in [3.63, 3.8) is 0 Å². The van der Waals surface area contributed by atoms with Crippen molar-refractivity contribution in [3.8, 4) is 0 Å². The molecule has 1 aliphatic carbocycles. The van der Waals surface area contributed by atoms with Gasteiger partial charge in [-0.15, -0.1) is 0 Å². The molecule has 0 aromatic heterocycles. The summed E-state index contributed by atoms with van der Waals surface area (Å²) in [6.45, 7) is 4.50. The second-order valence-corrected chi connectivity index (χ2v) is 7.52. The van der Waals surface area contributed by atoms with Crippen molar-refractivity contribution in [1.82, 2.24) is 0 Å². The Hall–Kier alpha value is -2.07. The molecule has 3 aromatic rings. The average molecular weight is 457 g/mol. The Morgan fingerprint density at radius 2 is 0.778 bits per heavy atom. The first kappa shape index (κ1) is 23.0. The van der Waals surface area contributed by atoms with E-state index in [4.69, 9.17) is 4.65 Å². The summed E-state index contributed by atoms with van der Waals surface area (Å²) >= 11 is 0. The van der Waals surface area contributed by atoms with Gasteiger partial charge in [0.1, 0.15) is 0 Å². The van der Waals surface area contributed by atoms with E-state index in [0.717, 1.165) is 0 Å². The summed E-state index contributed by atoms with van der Waals surface area (Å²) in [4.78, 5) is 0. The van der Waals surface area contributed by atoms with E-state index < -0.39 is 7.92 Å². The Bertz CT molecular complexity index is 723. The number of allylic oxidation sites excluding steroid dienone is 4. The average Bonchev–Trinajstić information content (AvgIpc) is 3.33. The molecule has 0 atom stereocenters. The Labute approximate surface area is 176 Å². The van der Waals surface area contributed by atoms with E-state index in [-0.39, 0.29) is 19.5 Å². The van der Waals surface area contributed by atoms with Crippen LogP contribution in [0.3, 0.4) is 0 Å². The Morgan fingerprint density at radius 1 is 0.481 bits per heavy atom. The molecule has 136 valence electrons. The van der Waals surface area contributed by atoms with Crippen LogP contribution in [-0.4, -0.2) is 0 Å².